The van der Waals surface area contributed by atoms with E-state index >= 15 is 0 Å². The maximum atomic E-state index is 10.6. The lowest BCUT2D eigenvalue weighted by Crippen LogP contribution is -2.33. The molecule has 84 valence electrons. The molecule has 0 aliphatic rings. The number of aliphatic hydroxyl groups is 1. The van der Waals surface area contributed by atoms with Crippen molar-refractivity contribution in [2.75, 3.05) is 18.1 Å². The molecular weight excluding hydrogens is 200 g/mol. The average Bonchev–Trinajstić information content (AvgIpc) is 2.62. The van der Waals surface area contributed by atoms with Crippen molar-refractivity contribution >= 4 is 12.0 Å². The van der Waals surface area contributed by atoms with Gasteiger partial charge in [-0.25, -0.2) is 4.79 Å². The van der Waals surface area contributed by atoms with E-state index in [9.17, 15) is 4.79 Å². The Bertz CT molecular complexity index is 335. The second-order valence-corrected chi connectivity index (χ2v) is 3.33. The smallest absolute Gasteiger partial charge is 0.357 e. The van der Waals surface area contributed by atoms with Crippen LogP contribution in [0.3, 0.4) is 0 Å². The highest BCUT2D eigenvalue weighted by molar-refractivity contribution is 5.85. The third kappa shape index (κ3) is 2.69. The lowest BCUT2D eigenvalue weighted by molar-refractivity contribution is 0.0690. The van der Waals surface area contributed by atoms with E-state index in [2.05, 4.69) is 4.98 Å². The number of carboxylic acid groups (broad SMARTS) is 1. The van der Waals surface area contributed by atoms with Crippen molar-refractivity contribution in [3.05, 3.63) is 12.0 Å². The lowest BCUT2D eigenvalue weighted by atomic mass is 10.3. The molecule has 1 rings (SSSR count). The average molecular weight is 214 g/mol. The van der Waals surface area contributed by atoms with Gasteiger partial charge in [0.05, 0.1) is 6.61 Å². The van der Waals surface area contributed by atoms with Gasteiger partial charge in [0.2, 0.25) is 0 Å². The number of oxazole rings is 1. The second kappa shape index (κ2) is 4.79. The minimum absolute atomic E-state index is 0.0387. The topological polar surface area (TPSA) is 86.8 Å². The van der Waals surface area contributed by atoms with Crippen LogP contribution in [-0.2, 0) is 0 Å². The predicted molar refractivity (Wildman–Crippen MR) is 53.0 cm³/mol. The summed E-state index contributed by atoms with van der Waals surface area (Å²) in [4.78, 5) is 16.1. The monoisotopic (exact) mass is 214 g/mol. The summed E-state index contributed by atoms with van der Waals surface area (Å²) in [6.45, 7) is 4.13. The second-order valence-electron chi connectivity index (χ2n) is 3.33. The minimum Gasteiger partial charge on any atom is -0.476 e. The normalized spacial score (nSPS) is 10.7. The van der Waals surface area contributed by atoms with Crippen LogP contribution in [0, 0.1) is 0 Å². The van der Waals surface area contributed by atoms with Gasteiger partial charge in [0.25, 0.3) is 6.01 Å². The zero-order valence-electron chi connectivity index (χ0n) is 8.67. The Morgan fingerprint density at radius 1 is 1.67 bits per heavy atom. The van der Waals surface area contributed by atoms with Crippen molar-refractivity contribution in [1.82, 2.24) is 4.98 Å². The van der Waals surface area contributed by atoms with Gasteiger partial charge in [-0.15, -0.1) is 0 Å². The third-order valence-electron chi connectivity index (χ3n) is 1.92. The standard InChI is InChI=1S/C9H14N2O4/c1-6(2)11(3-4-12)9-10-7(5-15-9)8(13)14/h5-6,12H,3-4H2,1-2H3,(H,13,14). The fourth-order valence-corrected chi connectivity index (χ4v) is 1.18. The van der Waals surface area contributed by atoms with Crippen LogP contribution in [0.1, 0.15) is 24.3 Å². The zero-order valence-corrected chi connectivity index (χ0v) is 8.67. The predicted octanol–water partition coefficient (Wildman–Crippen LogP) is 0.580. The van der Waals surface area contributed by atoms with Crippen LogP contribution >= 0.6 is 0 Å². The summed E-state index contributed by atoms with van der Waals surface area (Å²) in [6, 6.07) is 0.300. The number of rotatable bonds is 5. The number of hydrogen-bond acceptors (Lipinski definition) is 5. The molecule has 0 amide bonds. The van der Waals surface area contributed by atoms with E-state index in [-0.39, 0.29) is 24.4 Å². The number of aromatic nitrogens is 1. The van der Waals surface area contributed by atoms with Gasteiger partial charge in [-0.1, -0.05) is 0 Å². The molecule has 0 atom stereocenters. The Morgan fingerprint density at radius 2 is 2.33 bits per heavy atom. The Kier molecular flexibility index (Phi) is 3.68. The fourth-order valence-electron chi connectivity index (χ4n) is 1.18. The van der Waals surface area contributed by atoms with Crippen LogP contribution in [0.5, 0.6) is 0 Å². The molecule has 1 heterocycles. The van der Waals surface area contributed by atoms with Gasteiger partial charge in [-0.2, -0.15) is 4.98 Å². The highest BCUT2D eigenvalue weighted by Gasteiger charge is 2.18. The van der Waals surface area contributed by atoms with Crippen LogP contribution in [0.25, 0.3) is 0 Å². The Hall–Kier alpha value is -1.56. The summed E-state index contributed by atoms with van der Waals surface area (Å²) in [6.07, 6.45) is 1.09. The van der Waals surface area contributed by atoms with Gasteiger partial charge in [-0.3, -0.25) is 0 Å². The van der Waals surface area contributed by atoms with Gasteiger partial charge in [0, 0.05) is 12.6 Å². The molecule has 0 radical (unpaired) electrons. The molecule has 2 N–H and O–H groups in total. The van der Waals surface area contributed by atoms with E-state index in [1.54, 1.807) is 4.90 Å². The maximum absolute atomic E-state index is 10.6. The molecule has 0 bridgehead atoms. The van der Waals surface area contributed by atoms with Gasteiger partial charge in [-0.05, 0) is 13.8 Å². The number of hydrogen-bond donors (Lipinski definition) is 2. The first-order chi connectivity index (χ1) is 7.06. The van der Waals surface area contributed by atoms with Crippen LogP contribution in [-0.4, -0.2) is 40.4 Å². The molecule has 1 aromatic heterocycles. The van der Waals surface area contributed by atoms with Gasteiger partial charge >= 0.3 is 5.97 Å². The van der Waals surface area contributed by atoms with Crippen molar-refractivity contribution in [3.63, 3.8) is 0 Å². The molecule has 0 saturated heterocycles. The van der Waals surface area contributed by atoms with Crippen LogP contribution in [0.4, 0.5) is 6.01 Å². The maximum Gasteiger partial charge on any atom is 0.357 e. The Labute approximate surface area is 87.1 Å². The Morgan fingerprint density at radius 3 is 2.73 bits per heavy atom. The van der Waals surface area contributed by atoms with E-state index in [0.717, 1.165) is 6.26 Å². The van der Waals surface area contributed by atoms with Crippen molar-refractivity contribution in [2.24, 2.45) is 0 Å². The first-order valence-corrected chi connectivity index (χ1v) is 4.62. The molecule has 0 aliphatic carbocycles. The number of aromatic carboxylic acids is 1. The van der Waals surface area contributed by atoms with Gasteiger partial charge < -0.3 is 19.5 Å². The highest BCUT2D eigenvalue weighted by atomic mass is 16.4. The van der Waals surface area contributed by atoms with Crippen LogP contribution in [0.15, 0.2) is 10.7 Å². The highest BCUT2D eigenvalue weighted by Crippen LogP contribution is 2.15. The van der Waals surface area contributed by atoms with E-state index in [1.807, 2.05) is 13.8 Å². The third-order valence-corrected chi connectivity index (χ3v) is 1.92. The van der Waals surface area contributed by atoms with E-state index < -0.39 is 5.97 Å². The summed E-state index contributed by atoms with van der Waals surface area (Å²) in [7, 11) is 0. The molecule has 6 nitrogen and oxygen atoms in total. The summed E-state index contributed by atoms with van der Waals surface area (Å²) < 4.78 is 5.02. The summed E-state index contributed by atoms with van der Waals surface area (Å²) in [5.74, 6) is -1.13. The molecule has 0 saturated carbocycles. The number of carbonyl (C=O) groups is 1. The van der Waals surface area contributed by atoms with Gasteiger partial charge in [0.15, 0.2) is 5.69 Å². The molecule has 0 fully saturated rings. The van der Waals surface area contributed by atoms with Crippen LogP contribution in [0.2, 0.25) is 0 Å². The van der Waals surface area contributed by atoms with E-state index in [1.165, 1.54) is 0 Å². The van der Waals surface area contributed by atoms with Gasteiger partial charge in [0.1, 0.15) is 6.26 Å². The van der Waals surface area contributed by atoms with Crippen LogP contribution < -0.4 is 4.90 Å². The molecule has 1 aromatic rings. The van der Waals surface area contributed by atoms with E-state index in [4.69, 9.17) is 14.6 Å². The first-order valence-electron chi connectivity index (χ1n) is 4.62. The minimum atomic E-state index is -1.13. The summed E-state index contributed by atoms with van der Waals surface area (Å²) in [5, 5.41) is 17.5. The van der Waals surface area contributed by atoms with Crippen molar-refractivity contribution in [2.45, 2.75) is 19.9 Å². The molecule has 0 aromatic carbocycles. The summed E-state index contributed by atoms with van der Waals surface area (Å²) in [5.41, 5.74) is -0.131. The fraction of sp³-hybridized carbons (Fsp3) is 0.556. The number of carboxylic acids is 1. The quantitative estimate of drug-likeness (QED) is 0.745. The number of aliphatic hydroxyl groups excluding tert-OH is 1. The Balaban J connectivity index is 2.86. The number of nitrogens with zero attached hydrogens (tertiary/aromatic N) is 2. The number of anilines is 1. The lowest BCUT2D eigenvalue weighted by Gasteiger charge is -2.23. The molecule has 15 heavy (non-hydrogen) atoms. The SMILES string of the molecule is CC(C)N(CCO)c1nc(C(=O)O)co1. The van der Waals surface area contributed by atoms with Crippen molar-refractivity contribution < 1.29 is 19.4 Å². The van der Waals surface area contributed by atoms with Crippen molar-refractivity contribution in [1.29, 1.82) is 0 Å². The first kappa shape index (κ1) is 11.5. The molecule has 0 aliphatic heterocycles. The molecule has 6 heteroatoms. The largest absolute Gasteiger partial charge is 0.476 e. The molecular formula is C9H14N2O4. The molecule has 0 unspecified atom stereocenters. The zero-order chi connectivity index (χ0) is 11.4. The molecule has 0 spiro atoms. The van der Waals surface area contributed by atoms with Crippen molar-refractivity contribution in [3.8, 4) is 0 Å². The summed E-state index contributed by atoms with van der Waals surface area (Å²) >= 11 is 0. The van der Waals surface area contributed by atoms with E-state index in [0.29, 0.717) is 6.54 Å².